The summed E-state index contributed by atoms with van der Waals surface area (Å²) in [7, 11) is 0. The van der Waals surface area contributed by atoms with Gasteiger partial charge >= 0.3 is 30.3 Å². The second-order valence-electron chi connectivity index (χ2n) is 11.6. The number of amides is 2. The molecule has 2 N–H and O–H groups in total. The van der Waals surface area contributed by atoms with Crippen LogP contribution < -0.4 is 10.6 Å². The third kappa shape index (κ3) is 16.9. The summed E-state index contributed by atoms with van der Waals surface area (Å²) < 4.78 is 30.8. The molecule has 0 aromatic heterocycles. The highest BCUT2D eigenvalue weighted by Crippen LogP contribution is 2.13. The minimum atomic E-state index is -1.31. The number of carbonyl (C=O) groups excluding carboxylic acids is 5. The summed E-state index contributed by atoms with van der Waals surface area (Å²) in [4.78, 5) is 61.9. The highest BCUT2D eigenvalue weighted by molar-refractivity contribution is 6.19. The van der Waals surface area contributed by atoms with E-state index in [1.54, 1.807) is 69.2 Å². The van der Waals surface area contributed by atoms with Crippen LogP contribution in [-0.4, -0.2) is 78.4 Å². The van der Waals surface area contributed by atoms with E-state index in [9.17, 15) is 24.0 Å². The van der Waals surface area contributed by atoms with Crippen LogP contribution >= 0.6 is 11.6 Å². The van der Waals surface area contributed by atoms with Gasteiger partial charge in [-0.2, -0.15) is 0 Å². The van der Waals surface area contributed by atoms with Crippen LogP contribution in [0.15, 0.2) is 0 Å². The van der Waals surface area contributed by atoms with E-state index >= 15 is 0 Å². The summed E-state index contributed by atoms with van der Waals surface area (Å²) in [5, 5.41) is 4.90. The average Bonchev–Trinajstić information content (AvgIpc) is 2.73. The van der Waals surface area contributed by atoms with Crippen LogP contribution in [0, 0.1) is 11.8 Å². The number of nitrogens with one attached hydrogen (secondary N) is 2. The van der Waals surface area contributed by atoms with Crippen molar-refractivity contribution in [2.24, 2.45) is 11.8 Å². The molecule has 0 fully saturated rings. The Morgan fingerprint density at radius 1 is 0.650 bits per heavy atom. The van der Waals surface area contributed by atoms with Gasteiger partial charge in [0.25, 0.3) is 0 Å². The number of esters is 2. The maximum atomic E-state index is 12.8. The molecule has 14 heteroatoms. The van der Waals surface area contributed by atoms with E-state index in [1.807, 2.05) is 0 Å². The molecule has 3 atom stereocenters. The van der Waals surface area contributed by atoms with Crippen LogP contribution in [0.25, 0.3) is 0 Å². The first-order valence-electron chi connectivity index (χ1n) is 12.9. The molecule has 0 heterocycles. The molecule has 0 aliphatic carbocycles. The highest BCUT2D eigenvalue weighted by Gasteiger charge is 2.32. The quantitative estimate of drug-likeness (QED) is 0.188. The Bertz CT molecular complexity index is 806. The van der Waals surface area contributed by atoms with Crippen LogP contribution in [0.4, 0.5) is 14.4 Å². The SMILES string of the molecule is CC(Cl)OC(=O)OC(COC(=O)[C@@H](NC(=O)OC(C)(C)C)C(C)C)COC(=O)[C@@H](NC(=O)OC(C)(C)C)C(C)C. The van der Waals surface area contributed by atoms with Crippen LogP contribution in [0.2, 0.25) is 0 Å². The number of carbonyl (C=O) groups is 5. The molecule has 0 aromatic carbocycles. The first-order chi connectivity index (χ1) is 18.1. The monoisotopic (exact) mass is 596 g/mol. The van der Waals surface area contributed by atoms with Crippen molar-refractivity contribution in [3.63, 3.8) is 0 Å². The zero-order chi connectivity index (χ0) is 31.4. The van der Waals surface area contributed by atoms with Crippen molar-refractivity contribution >= 4 is 41.9 Å². The second kappa shape index (κ2) is 16.3. The Hall–Kier alpha value is -2.96. The third-order valence-electron chi connectivity index (χ3n) is 4.53. The molecule has 0 saturated carbocycles. The first kappa shape index (κ1) is 37.0. The van der Waals surface area contributed by atoms with E-state index < -0.39 is 78.4 Å². The number of halogens is 1. The summed E-state index contributed by atoms with van der Waals surface area (Å²) in [6, 6.07) is -2.17. The van der Waals surface area contributed by atoms with Crippen LogP contribution in [-0.2, 0) is 38.0 Å². The maximum Gasteiger partial charge on any atom is 0.510 e. The van der Waals surface area contributed by atoms with Crippen LogP contribution in [0.3, 0.4) is 0 Å². The summed E-state index contributed by atoms with van der Waals surface area (Å²) in [5.74, 6) is -2.45. The summed E-state index contributed by atoms with van der Waals surface area (Å²) in [6.45, 7) is 17.0. The standard InChI is InChI=1S/C26H45ClN2O11/c1-14(2)18(28-22(32)39-25(6,7)8)20(30)35-12-17(38-24(34)37-16(5)27)13-36-21(31)19(15(3)4)29-23(33)40-26(9,10)11/h14-19H,12-13H2,1-11H3,(H,28,32)(H,29,33)/t16?,18-,19-/m0/s1. The lowest BCUT2D eigenvalue weighted by Crippen LogP contribution is -2.48. The highest BCUT2D eigenvalue weighted by atomic mass is 35.5. The molecular weight excluding hydrogens is 552 g/mol. The zero-order valence-electron chi connectivity index (χ0n) is 25.2. The molecule has 0 bridgehead atoms. The predicted molar refractivity (Wildman–Crippen MR) is 145 cm³/mol. The lowest BCUT2D eigenvalue weighted by Gasteiger charge is -2.26. The number of rotatable bonds is 12. The van der Waals surface area contributed by atoms with E-state index in [-0.39, 0.29) is 11.8 Å². The molecule has 0 aliphatic heterocycles. The van der Waals surface area contributed by atoms with Crippen LogP contribution in [0.1, 0.15) is 76.2 Å². The number of alkyl carbamates (subject to hydrolysis) is 2. The van der Waals surface area contributed by atoms with Gasteiger partial charge in [-0.05, 0) is 60.3 Å². The summed E-state index contributed by atoms with van der Waals surface area (Å²) in [6.07, 6.45) is -4.14. The number of ether oxygens (including phenoxy) is 6. The maximum absolute atomic E-state index is 12.8. The molecular formula is C26H45ClN2O11. The molecule has 1 unspecified atom stereocenters. The fourth-order valence-corrected chi connectivity index (χ4v) is 2.88. The van der Waals surface area contributed by atoms with Gasteiger partial charge in [0.05, 0.1) is 0 Å². The molecule has 232 valence electrons. The van der Waals surface area contributed by atoms with Crippen molar-refractivity contribution in [1.29, 1.82) is 0 Å². The van der Waals surface area contributed by atoms with Crippen molar-refractivity contribution in [2.75, 3.05) is 13.2 Å². The Balaban J connectivity index is 5.45. The predicted octanol–water partition coefficient (Wildman–Crippen LogP) is 4.28. The van der Waals surface area contributed by atoms with Gasteiger partial charge in [-0.1, -0.05) is 39.3 Å². The Morgan fingerprint density at radius 2 is 1.00 bits per heavy atom. The van der Waals surface area contributed by atoms with Crippen molar-refractivity contribution < 1.29 is 52.4 Å². The van der Waals surface area contributed by atoms with Crippen molar-refractivity contribution in [1.82, 2.24) is 10.6 Å². The molecule has 0 rings (SSSR count). The van der Waals surface area contributed by atoms with Gasteiger partial charge < -0.3 is 39.1 Å². The minimum absolute atomic E-state index is 0.384. The Kier molecular flexibility index (Phi) is 15.1. The number of hydrogen-bond donors (Lipinski definition) is 2. The normalized spacial score (nSPS) is 14.1. The van der Waals surface area contributed by atoms with Gasteiger partial charge in [0.1, 0.15) is 36.5 Å². The van der Waals surface area contributed by atoms with Gasteiger partial charge in [-0.3, -0.25) is 0 Å². The van der Waals surface area contributed by atoms with E-state index in [0.717, 1.165) is 0 Å². The third-order valence-corrected chi connectivity index (χ3v) is 4.62. The fraction of sp³-hybridized carbons (Fsp3) is 0.808. The van der Waals surface area contributed by atoms with Gasteiger partial charge in [0, 0.05) is 0 Å². The summed E-state index contributed by atoms with van der Waals surface area (Å²) in [5.41, 5.74) is -2.60. The fourth-order valence-electron chi connectivity index (χ4n) is 2.81. The van der Waals surface area contributed by atoms with E-state index in [1.165, 1.54) is 6.92 Å². The van der Waals surface area contributed by atoms with Gasteiger partial charge in [0.2, 0.25) is 0 Å². The molecule has 13 nitrogen and oxygen atoms in total. The largest absolute Gasteiger partial charge is 0.510 e. The Morgan fingerprint density at radius 3 is 1.27 bits per heavy atom. The van der Waals surface area contributed by atoms with Gasteiger partial charge in [0.15, 0.2) is 11.7 Å². The van der Waals surface area contributed by atoms with Gasteiger partial charge in [-0.15, -0.1) is 0 Å². The second-order valence-corrected chi connectivity index (χ2v) is 12.3. The van der Waals surface area contributed by atoms with Gasteiger partial charge in [-0.25, -0.2) is 24.0 Å². The lowest BCUT2D eigenvalue weighted by atomic mass is 10.1. The molecule has 40 heavy (non-hydrogen) atoms. The number of hydrogen-bond acceptors (Lipinski definition) is 11. The smallest absolute Gasteiger partial charge is 0.460 e. The minimum Gasteiger partial charge on any atom is -0.460 e. The summed E-state index contributed by atoms with van der Waals surface area (Å²) >= 11 is 5.65. The zero-order valence-corrected chi connectivity index (χ0v) is 26.0. The molecule has 2 amide bonds. The lowest BCUT2D eigenvalue weighted by molar-refractivity contribution is -0.157. The topological polar surface area (TPSA) is 165 Å². The van der Waals surface area contributed by atoms with E-state index in [0.29, 0.717) is 0 Å². The van der Waals surface area contributed by atoms with Crippen molar-refractivity contribution in [3.05, 3.63) is 0 Å². The average molecular weight is 597 g/mol. The van der Waals surface area contributed by atoms with E-state index in [4.69, 9.17) is 40.0 Å². The van der Waals surface area contributed by atoms with Crippen molar-refractivity contribution in [2.45, 2.75) is 111 Å². The molecule has 0 spiro atoms. The molecule has 0 aliphatic rings. The first-order valence-corrected chi connectivity index (χ1v) is 13.4. The number of alkyl halides is 1. The van der Waals surface area contributed by atoms with E-state index in [2.05, 4.69) is 10.6 Å². The Labute approximate surface area is 241 Å². The van der Waals surface area contributed by atoms with Crippen LogP contribution in [0.5, 0.6) is 0 Å². The molecule has 0 saturated heterocycles. The molecule has 0 aromatic rings. The molecule has 0 radical (unpaired) electrons. The van der Waals surface area contributed by atoms with Crippen molar-refractivity contribution in [3.8, 4) is 0 Å².